The third-order valence-corrected chi connectivity index (χ3v) is 4.70. The lowest BCUT2D eigenvalue weighted by atomic mass is 10.1. The largest absolute Gasteiger partial charge is 0.378 e. The van der Waals surface area contributed by atoms with Crippen LogP contribution in [0.3, 0.4) is 0 Å². The molecule has 0 N–H and O–H groups in total. The molecule has 0 spiro atoms. The molecule has 1 saturated heterocycles. The zero-order chi connectivity index (χ0) is 13.9. The van der Waals surface area contributed by atoms with Crippen molar-refractivity contribution in [1.82, 2.24) is 9.97 Å². The van der Waals surface area contributed by atoms with Crippen LogP contribution in [0.1, 0.15) is 31.5 Å². The number of anilines is 1. The van der Waals surface area contributed by atoms with Gasteiger partial charge in [-0.2, -0.15) is 0 Å². The van der Waals surface area contributed by atoms with Crippen molar-refractivity contribution in [3.8, 4) is 0 Å². The summed E-state index contributed by atoms with van der Waals surface area (Å²) in [5, 5.41) is 2.09. The maximum absolute atomic E-state index is 5.68. The number of hydrogen-bond acceptors (Lipinski definition) is 5. The predicted octanol–water partition coefficient (Wildman–Crippen LogP) is 3.40. The van der Waals surface area contributed by atoms with Gasteiger partial charge in [0.25, 0.3) is 0 Å². The van der Waals surface area contributed by atoms with Crippen LogP contribution < -0.4 is 4.90 Å². The molecule has 0 bridgehead atoms. The van der Waals surface area contributed by atoms with Crippen LogP contribution in [0.25, 0.3) is 10.2 Å². The summed E-state index contributed by atoms with van der Waals surface area (Å²) in [6.07, 6.45) is 5.24. The Morgan fingerprint density at radius 1 is 1.45 bits per heavy atom. The van der Waals surface area contributed by atoms with E-state index in [0.717, 1.165) is 43.2 Å². The summed E-state index contributed by atoms with van der Waals surface area (Å²) in [6.45, 7) is 3.92. The first-order valence-corrected chi connectivity index (χ1v) is 8.16. The Balaban J connectivity index is 1.65. The average molecular weight is 291 g/mol. The normalized spacial score (nSPS) is 18.8. The van der Waals surface area contributed by atoms with Gasteiger partial charge >= 0.3 is 0 Å². The van der Waals surface area contributed by atoms with Crippen LogP contribution in [0, 0.1) is 6.92 Å². The summed E-state index contributed by atoms with van der Waals surface area (Å²) in [6, 6.07) is 2.07. The maximum Gasteiger partial charge on any atom is 0.150 e. The first kappa shape index (κ1) is 13.8. The summed E-state index contributed by atoms with van der Waals surface area (Å²) >= 11 is 1.72. The molecular weight excluding hydrogens is 270 g/mol. The van der Waals surface area contributed by atoms with Crippen molar-refractivity contribution in [2.75, 3.05) is 25.1 Å². The Hall–Kier alpha value is -1.20. The molecular formula is C15H21N3OS. The van der Waals surface area contributed by atoms with Gasteiger partial charge in [-0.3, -0.25) is 0 Å². The molecule has 1 aliphatic heterocycles. The number of nitrogens with zero attached hydrogens (tertiary/aromatic N) is 3. The molecule has 20 heavy (non-hydrogen) atoms. The van der Waals surface area contributed by atoms with Crippen LogP contribution in [0.5, 0.6) is 0 Å². The molecule has 0 aliphatic carbocycles. The lowest BCUT2D eigenvalue weighted by Crippen LogP contribution is -2.21. The van der Waals surface area contributed by atoms with Gasteiger partial charge in [0.1, 0.15) is 11.6 Å². The van der Waals surface area contributed by atoms with Crippen molar-refractivity contribution in [3.63, 3.8) is 0 Å². The fourth-order valence-electron chi connectivity index (χ4n) is 2.75. The number of ether oxygens (including phenoxy) is 1. The lowest BCUT2D eigenvalue weighted by Gasteiger charge is -2.20. The van der Waals surface area contributed by atoms with Crippen molar-refractivity contribution >= 4 is 27.4 Å². The average Bonchev–Trinajstić information content (AvgIpc) is 3.08. The van der Waals surface area contributed by atoms with Gasteiger partial charge < -0.3 is 9.64 Å². The SMILES string of the molecule is Cc1nc(N(C)CCC[C@H]2CCCO2)c2sccc2n1. The van der Waals surface area contributed by atoms with Crippen molar-refractivity contribution in [1.29, 1.82) is 0 Å². The topological polar surface area (TPSA) is 38.2 Å². The van der Waals surface area contributed by atoms with Crippen molar-refractivity contribution in [2.24, 2.45) is 0 Å². The maximum atomic E-state index is 5.68. The molecule has 0 saturated carbocycles. The molecule has 3 rings (SSSR count). The van der Waals surface area contributed by atoms with Crippen LogP contribution in [0.2, 0.25) is 0 Å². The summed E-state index contributed by atoms with van der Waals surface area (Å²) in [4.78, 5) is 11.3. The first-order valence-electron chi connectivity index (χ1n) is 7.28. The van der Waals surface area contributed by atoms with Gasteiger partial charge in [-0.05, 0) is 44.1 Å². The second kappa shape index (κ2) is 6.06. The molecule has 1 aliphatic rings. The van der Waals surface area contributed by atoms with E-state index in [1.807, 2.05) is 6.92 Å². The van der Waals surface area contributed by atoms with Crippen molar-refractivity contribution < 1.29 is 4.74 Å². The third kappa shape index (κ3) is 2.94. The van der Waals surface area contributed by atoms with E-state index in [1.54, 1.807) is 11.3 Å². The molecule has 2 aromatic heterocycles. The Kier molecular flexibility index (Phi) is 4.17. The Morgan fingerprint density at radius 2 is 2.35 bits per heavy atom. The number of thiophene rings is 1. The van der Waals surface area contributed by atoms with E-state index >= 15 is 0 Å². The molecule has 0 aromatic carbocycles. The van der Waals surface area contributed by atoms with E-state index in [2.05, 4.69) is 33.4 Å². The summed E-state index contributed by atoms with van der Waals surface area (Å²) in [7, 11) is 2.12. The monoisotopic (exact) mass is 291 g/mol. The van der Waals surface area contributed by atoms with E-state index in [0.29, 0.717) is 6.10 Å². The fraction of sp³-hybridized carbons (Fsp3) is 0.600. The zero-order valence-corrected chi connectivity index (χ0v) is 12.9. The highest BCUT2D eigenvalue weighted by Crippen LogP contribution is 2.28. The summed E-state index contributed by atoms with van der Waals surface area (Å²) in [5.41, 5.74) is 1.06. The molecule has 1 fully saturated rings. The van der Waals surface area contributed by atoms with E-state index in [1.165, 1.54) is 17.5 Å². The third-order valence-electron chi connectivity index (χ3n) is 3.80. The molecule has 0 radical (unpaired) electrons. The smallest absolute Gasteiger partial charge is 0.150 e. The molecule has 3 heterocycles. The molecule has 5 heteroatoms. The highest BCUT2D eigenvalue weighted by atomic mass is 32.1. The lowest BCUT2D eigenvalue weighted by molar-refractivity contribution is 0.103. The van der Waals surface area contributed by atoms with Crippen LogP contribution in [-0.2, 0) is 4.74 Å². The van der Waals surface area contributed by atoms with E-state index < -0.39 is 0 Å². The Bertz CT molecular complexity index is 578. The molecule has 108 valence electrons. The highest BCUT2D eigenvalue weighted by Gasteiger charge is 2.16. The quantitative estimate of drug-likeness (QED) is 0.846. The van der Waals surface area contributed by atoms with E-state index in [4.69, 9.17) is 4.74 Å². The van der Waals surface area contributed by atoms with Gasteiger partial charge in [-0.15, -0.1) is 11.3 Å². The minimum atomic E-state index is 0.484. The Morgan fingerprint density at radius 3 is 3.15 bits per heavy atom. The number of aryl methyl sites for hydroxylation is 1. The Labute approximate surface area is 123 Å². The van der Waals surface area contributed by atoms with E-state index in [-0.39, 0.29) is 0 Å². The minimum Gasteiger partial charge on any atom is -0.378 e. The number of hydrogen-bond donors (Lipinski definition) is 0. The van der Waals surface area contributed by atoms with Gasteiger partial charge in [-0.1, -0.05) is 0 Å². The second-order valence-electron chi connectivity index (χ2n) is 5.43. The van der Waals surface area contributed by atoms with Crippen LogP contribution >= 0.6 is 11.3 Å². The first-order chi connectivity index (χ1) is 9.74. The fourth-order valence-corrected chi connectivity index (χ4v) is 3.63. The number of aromatic nitrogens is 2. The van der Waals surface area contributed by atoms with Crippen LogP contribution in [0.4, 0.5) is 5.82 Å². The van der Waals surface area contributed by atoms with Crippen molar-refractivity contribution in [2.45, 2.75) is 38.7 Å². The van der Waals surface area contributed by atoms with Gasteiger partial charge in [-0.25, -0.2) is 9.97 Å². The second-order valence-corrected chi connectivity index (χ2v) is 6.34. The van der Waals surface area contributed by atoms with Crippen LogP contribution in [0.15, 0.2) is 11.4 Å². The molecule has 4 nitrogen and oxygen atoms in total. The van der Waals surface area contributed by atoms with Gasteiger partial charge in [0.2, 0.25) is 0 Å². The minimum absolute atomic E-state index is 0.484. The molecule has 2 aromatic rings. The van der Waals surface area contributed by atoms with E-state index in [9.17, 15) is 0 Å². The molecule has 0 amide bonds. The standard InChI is InChI=1S/C15H21N3OS/c1-11-16-13-7-10-20-14(13)15(17-11)18(2)8-3-5-12-6-4-9-19-12/h7,10,12H,3-6,8-9H2,1-2H3/t12-/m0/s1. The van der Waals surface area contributed by atoms with Gasteiger partial charge in [0.15, 0.2) is 0 Å². The molecule has 0 unspecified atom stereocenters. The summed E-state index contributed by atoms with van der Waals surface area (Å²) in [5.74, 6) is 1.91. The van der Waals surface area contributed by atoms with Gasteiger partial charge in [0.05, 0.1) is 16.3 Å². The predicted molar refractivity (Wildman–Crippen MR) is 83.6 cm³/mol. The number of rotatable bonds is 5. The van der Waals surface area contributed by atoms with Gasteiger partial charge in [0, 0.05) is 20.2 Å². The molecule has 1 atom stereocenters. The highest BCUT2D eigenvalue weighted by molar-refractivity contribution is 7.17. The zero-order valence-electron chi connectivity index (χ0n) is 12.1. The number of fused-ring (bicyclic) bond motifs is 1. The van der Waals surface area contributed by atoms with Crippen molar-refractivity contribution in [3.05, 3.63) is 17.3 Å². The van der Waals surface area contributed by atoms with Crippen LogP contribution in [-0.4, -0.2) is 36.3 Å². The summed E-state index contributed by atoms with van der Waals surface area (Å²) < 4.78 is 6.87.